The molecule has 3 rings (SSSR count). The van der Waals surface area contributed by atoms with Crippen molar-refractivity contribution in [2.75, 3.05) is 6.54 Å². The van der Waals surface area contributed by atoms with E-state index in [0.717, 1.165) is 19.4 Å². The number of fused-ring (bicyclic) bond motifs is 1. The lowest BCUT2D eigenvalue weighted by molar-refractivity contribution is 0.429. The van der Waals surface area contributed by atoms with E-state index in [9.17, 15) is 0 Å². The van der Waals surface area contributed by atoms with Crippen molar-refractivity contribution in [1.29, 1.82) is 0 Å². The molecule has 3 heteroatoms. The molecule has 2 aromatic rings. The standard InChI is InChI=1S/C17H21N3/c1-2-19-16(12-13-7-10-18-11-8-13)15-6-5-14-4-3-9-20-17(14)15/h3-4,7-11,15-16,19H,2,5-6,12H2,1H3. The maximum absolute atomic E-state index is 4.63. The van der Waals surface area contributed by atoms with Gasteiger partial charge in [-0.2, -0.15) is 0 Å². The molecule has 0 saturated carbocycles. The van der Waals surface area contributed by atoms with Crippen molar-refractivity contribution < 1.29 is 0 Å². The van der Waals surface area contributed by atoms with Crippen LogP contribution in [0.15, 0.2) is 42.9 Å². The van der Waals surface area contributed by atoms with Gasteiger partial charge in [-0.15, -0.1) is 0 Å². The first kappa shape index (κ1) is 13.3. The third-order valence-electron chi connectivity index (χ3n) is 4.16. The molecule has 0 radical (unpaired) electrons. The van der Waals surface area contributed by atoms with Gasteiger partial charge in [0.05, 0.1) is 0 Å². The van der Waals surface area contributed by atoms with Crippen molar-refractivity contribution in [3.63, 3.8) is 0 Å². The highest BCUT2D eigenvalue weighted by Crippen LogP contribution is 2.34. The summed E-state index contributed by atoms with van der Waals surface area (Å²) in [4.78, 5) is 8.73. The molecule has 1 N–H and O–H groups in total. The lowest BCUT2D eigenvalue weighted by Crippen LogP contribution is -2.36. The van der Waals surface area contributed by atoms with Crippen molar-refractivity contribution >= 4 is 0 Å². The van der Waals surface area contributed by atoms with Crippen LogP contribution in [-0.4, -0.2) is 22.6 Å². The molecule has 0 fully saturated rings. The number of pyridine rings is 2. The summed E-state index contributed by atoms with van der Waals surface area (Å²) in [7, 11) is 0. The quantitative estimate of drug-likeness (QED) is 0.905. The van der Waals surface area contributed by atoms with E-state index in [1.54, 1.807) is 0 Å². The van der Waals surface area contributed by atoms with Crippen molar-refractivity contribution in [3.05, 3.63) is 59.7 Å². The van der Waals surface area contributed by atoms with E-state index < -0.39 is 0 Å². The molecule has 1 aliphatic rings. The number of hydrogen-bond donors (Lipinski definition) is 1. The van der Waals surface area contributed by atoms with Crippen LogP contribution in [0.3, 0.4) is 0 Å². The number of nitrogens with zero attached hydrogens (tertiary/aromatic N) is 2. The van der Waals surface area contributed by atoms with Crippen LogP contribution in [0.2, 0.25) is 0 Å². The highest BCUT2D eigenvalue weighted by molar-refractivity contribution is 5.30. The summed E-state index contributed by atoms with van der Waals surface area (Å²) in [5.41, 5.74) is 4.07. The minimum absolute atomic E-state index is 0.457. The van der Waals surface area contributed by atoms with Gasteiger partial charge in [-0.3, -0.25) is 9.97 Å². The average Bonchev–Trinajstić information content (AvgIpc) is 2.92. The van der Waals surface area contributed by atoms with Gasteiger partial charge in [0.2, 0.25) is 0 Å². The van der Waals surface area contributed by atoms with Gasteiger partial charge in [-0.25, -0.2) is 0 Å². The Bertz CT molecular complexity index is 553. The van der Waals surface area contributed by atoms with Crippen molar-refractivity contribution in [3.8, 4) is 0 Å². The van der Waals surface area contributed by atoms with Gasteiger partial charge < -0.3 is 5.32 Å². The largest absolute Gasteiger partial charge is 0.313 e. The average molecular weight is 267 g/mol. The molecule has 0 aliphatic heterocycles. The SMILES string of the molecule is CCNC(Cc1ccncc1)C1CCc2cccnc21. The fourth-order valence-corrected chi connectivity index (χ4v) is 3.23. The van der Waals surface area contributed by atoms with Crippen molar-refractivity contribution in [2.24, 2.45) is 0 Å². The number of nitrogens with one attached hydrogen (secondary N) is 1. The lowest BCUT2D eigenvalue weighted by Gasteiger charge is -2.24. The molecular weight excluding hydrogens is 246 g/mol. The van der Waals surface area contributed by atoms with Crippen molar-refractivity contribution in [1.82, 2.24) is 15.3 Å². The Balaban J connectivity index is 1.81. The second kappa shape index (κ2) is 6.14. The lowest BCUT2D eigenvalue weighted by atomic mass is 9.91. The highest BCUT2D eigenvalue weighted by Gasteiger charge is 2.30. The summed E-state index contributed by atoms with van der Waals surface area (Å²) in [6, 6.07) is 8.94. The summed E-state index contributed by atoms with van der Waals surface area (Å²) in [5.74, 6) is 0.527. The molecular formula is C17H21N3. The summed E-state index contributed by atoms with van der Waals surface area (Å²) in [6.45, 7) is 3.17. The van der Waals surface area contributed by atoms with E-state index in [-0.39, 0.29) is 0 Å². The Morgan fingerprint density at radius 3 is 2.90 bits per heavy atom. The second-order valence-electron chi connectivity index (χ2n) is 5.42. The first-order chi connectivity index (χ1) is 9.88. The van der Waals surface area contributed by atoms with E-state index in [4.69, 9.17) is 0 Å². The number of aromatic nitrogens is 2. The summed E-state index contributed by atoms with van der Waals surface area (Å²) in [6.07, 6.45) is 9.07. The van der Waals surface area contributed by atoms with Crippen LogP contribution in [0.4, 0.5) is 0 Å². The molecule has 0 amide bonds. The normalized spacial score (nSPS) is 18.8. The Hall–Kier alpha value is -1.74. The summed E-state index contributed by atoms with van der Waals surface area (Å²) in [5, 5.41) is 3.65. The van der Waals surface area contributed by atoms with E-state index in [1.165, 1.54) is 23.2 Å². The Morgan fingerprint density at radius 1 is 1.25 bits per heavy atom. The molecule has 2 atom stereocenters. The molecule has 20 heavy (non-hydrogen) atoms. The molecule has 2 heterocycles. The molecule has 1 aliphatic carbocycles. The van der Waals surface area contributed by atoms with Crippen LogP contribution in [0.5, 0.6) is 0 Å². The Labute approximate surface area is 120 Å². The zero-order chi connectivity index (χ0) is 13.8. The number of likely N-dealkylation sites (N-methyl/N-ethyl adjacent to an activating group) is 1. The Morgan fingerprint density at radius 2 is 2.10 bits per heavy atom. The van der Waals surface area contributed by atoms with Crippen LogP contribution in [-0.2, 0) is 12.8 Å². The summed E-state index contributed by atoms with van der Waals surface area (Å²) < 4.78 is 0. The van der Waals surface area contributed by atoms with Crippen LogP contribution in [0.1, 0.15) is 36.1 Å². The maximum Gasteiger partial charge on any atom is 0.0482 e. The van der Waals surface area contributed by atoms with Crippen molar-refractivity contribution in [2.45, 2.75) is 38.1 Å². The highest BCUT2D eigenvalue weighted by atomic mass is 14.9. The number of aryl methyl sites for hydroxylation is 1. The van der Waals surface area contributed by atoms with E-state index in [0.29, 0.717) is 12.0 Å². The van der Waals surface area contributed by atoms with Gasteiger partial charge in [0.15, 0.2) is 0 Å². The van der Waals surface area contributed by atoms with Gasteiger partial charge in [0.1, 0.15) is 0 Å². The van der Waals surface area contributed by atoms with Crippen LogP contribution in [0.25, 0.3) is 0 Å². The minimum atomic E-state index is 0.457. The first-order valence-corrected chi connectivity index (χ1v) is 7.44. The van der Waals surface area contributed by atoms with E-state index in [1.807, 2.05) is 24.7 Å². The van der Waals surface area contributed by atoms with Crippen LogP contribution in [0, 0.1) is 0 Å². The molecule has 2 aromatic heterocycles. The predicted octanol–water partition coefficient (Wildman–Crippen LogP) is 2.73. The molecule has 0 saturated heterocycles. The number of rotatable bonds is 5. The summed E-state index contributed by atoms with van der Waals surface area (Å²) >= 11 is 0. The molecule has 0 bridgehead atoms. The molecule has 0 aromatic carbocycles. The zero-order valence-electron chi connectivity index (χ0n) is 11.9. The molecule has 2 unspecified atom stereocenters. The Kier molecular flexibility index (Phi) is 4.07. The fraction of sp³-hybridized carbons (Fsp3) is 0.412. The van der Waals surface area contributed by atoms with E-state index >= 15 is 0 Å². The van der Waals surface area contributed by atoms with Crippen LogP contribution < -0.4 is 5.32 Å². The van der Waals surface area contributed by atoms with Gasteiger partial charge in [-0.1, -0.05) is 13.0 Å². The van der Waals surface area contributed by atoms with E-state index in [2.05, 4.69) is 40.4 Å². The first-order valence-electron chi connectivity index (χ1n) is 7.44. The third-order valence-corrected chi connectivity index (χ3v) is 4.16. The second-order valence-corrected chi connectivity index (χ2v) is 5.42. The van der Waals surface area contributed by atoms with Crippen LogP contribution >= 0.6 is 0 Å². The molecule has 104 valence electrons. The number of hydrogen-bond acceptors (Lipinski definition) is 3. The zero-order valence-corrected chi connectivity index (χ0v) is 11.9. The minimum Gasteiger partial charge on any atom is -0.313 e. The topological polar surface area (TPSA) is 37.8 Å². The van der Waals surface area contributed by atoms with Gasteiger partial charge in [0.25, 0.3) is 0 Å². The monoisotopic (exact) mass is 267 g/mol. The maximum atomic E-state index is 4.63. The fourth-order valence-electron chi connectivity index (χ4n) is 3.23. The third kappa shape index (κ3) is 2.73. The smallest absolute Gasteiger partial charge is 0.0482 e. The van der Waals surface area contributed by atoms with Gasteiger partial charge in [-0.05, 0) is 55.1 Å². The molecule has 0 spiro atoms. The van der Waals surface area contributed by atoms with Gasteiger partial charge >= 0.3 is 0 Å². The predicted molar refractivity (Wildman–Crippen MR) is 80.7 cm³/mol. The van der Waals surface area contributed by atoms with Gasteiger partial charge in [0, 0.05) is 36.2 Å². The molecule has 3 nitrogen and oxygen atoms in total.